The lowest BCUT2D eigenvalue weighted by molar-refractivity contribution is -0.152. The molecule has 0 bridgehead atoms. The Kier molecular flexibility index (Phi) is 5.83. The second-order valence-corrected chi connectivity index (χ2v) is 5.90. The molecule has 2 rings (SSSR count). The van der Waals surface area contributed by atoms with Crippen LogP contribution in [0.2, 0.25) is 0 Å². The zero-order chi connectivity index (χ0) is 14.4. The highest BCUT2D eigenvalue weighted by molar-refractivity contribution is 5.86. The molecule has 0 radical (unpaired) electrons. The van der Waals surface area contributed by atoms with Crippen molar-refractivity contribution in [2.24, 2.45) is 11.8 Å². The smallest absolute Gasteiger partial charge is 0.307 e. The molecule has 2 aliphatic carbocycles. The molecule has 5 nitrogen and oxygen atoms in total. The lowest BCUT2D eigenvalue weighted by Gasteiger charge is -2.31. The summed E-state index contributed by atoms with van der Waals surface area (Å²) in [5, 5.41) is 11.7. The Morgan fingerprint density at radius 2 is 1.75 bits per heavy atom. The number of nitrogens with one attached hydrogen (secondary N) is 1. The normalized spacial score (nSPS) is 26.8. The molecular weight excluding hydrogens is 258 g/mol. The summed E-state index contributed by atoms with van der Waals surface area (Å²) in [5.41, 5.74) is 0. The average molecular weight is 283 g/mol. The number of hydrogen-bond donors (Lipinski definition) is 2. The van der Waals surface area contributed by atoms with Crippen LogP contribution in [-0.4, -0.2) is 36.2 Å². The van der Waals surface area contributed by atoms with Gasteiger partial charge >= 0.3 is 5.97 Å². The van der Waals surface area contributed by atoms with Crippen molar-refractivity contribution in [3.63, 3.8) is 0 Å². The molecule has 20 heavy (non-hydrogen) atoms. The van der Waals surface area contributed by atoms with E-state index in [4.69, 9.17) is 9.84 Å². The summed E-state index contributed by atoms with van der Waals surface area (Å²) in [5.74, 6) is -1.77. The van der Waals surface area contributed by atoms with Crippen LogP contribution in [0.5, 0.6) is 0 Å². The predicted octanol–water partition coefficient (Wildman–Crippen LogP) is 1.95. The van der Waals surface area contributed by atoms with E-state index in [0.29, 0.717) is 32.1 Å². The van der Waals surface area contributed by atoms with Gasteiger partial charge in [-0.25, -0.2) is 0 Å². The van der Waals surface area contributed by atoms with E-state index in [1.54, 1.807) is 0 Å². The summed E-state index contributed by atoms with van der Waals surface area (Å²) < 4.78 is 5.78. The van der Waals surface area contributed by atoms with Crippen molar-refractivity contribution in [2.45, 2.75) is 57.5 Å². The van der Waals surface area contributed by atoms with E-state index < -0.39 is 11.9 Å². The molecule has 0 aromatic rings. The second-order valence-electron chi connectivity index (χ2n) is 5.90. The fourth-order valence-electron chi connectivity index (χ4n) is 3.01. The van der Waals surface area contributed by atoms with Crippen LogP contribution in [0.3, 0.4) is 0 Å². The molecular formula is C15H25NO4. The molecule has 2 saturated carbocycles. The van der Waals surface area contributed by atoms with Crippen LogP contribution < -0.4 is 5.32 Å². The van der Waals surface area contributed by atoms with Gasteiger partial charge in [-0.05, 0) is 32.1 Å². The van der Waals surface area contributed by atoms with Crippen LogP contribution in [0.15, 0.2) is 0 Å². The topological polar surface area (TPSA) is 75.6 Å². The highest BCUT2D eigenvalue weighted by atomic mass is 16.5. The van der Waals surface area contributed by atoms with E-state index in [0.717, 1.165) is 19.3 Å². The fourth-order valence-corrected chi connectivity index (χ4v) is 3.01. The van der Waals surface area contributed by atoms with Gasteiger partial charge in [0.1, 0.15) is 0 Å². The summed E-state index contributed by atoms with van der Waals surface area (Å²) in [7, 11) is 0. The van der Waals surface area contributed by atoms with Gasteiger partial charge in [-0.2, -0.15) is 0 Å². The Bertz CT molecular complexity index is 339. The highest BCUT2D eigenvalue weighted by Crippen LogP contribution is 2.34. The quantitative estimate of drug-likeness (QED) is 0.700. The Balaban J connectivity index is 1.52. The number of carbonyl (C=O) groups is 2. The molecule has 2 unspecified atom stereocenters. The van der Waals surface area contributed by atoms with Gasteiger partial charge in [-0.3, -0.25) is 9.59 Å². The standard InChI is InChI=1S/C15H25NO4/c17-14(12-7-8-13(12)15(18)19)16-9-4-10-20-11-5-2-1-3-6-11/h11-13H,1-10H2,(H,16,17)(H,18,19). The van der Waals surface area contributed by atoms with E-state index in [1.807, 2.05) is 0 Å². The monoisotopic (exact) mass is 283 g/mol. The first-order valence-electron chi connectivity index (χ1n) is 7.80. The van der Waals surface area contributed by atoms with Gasteiger partial charge in [0.05, 0.1) is 17.9 Å². The van der Waals surface area contributed by atoms with Gasteiger partial charge in [0.25, 0.3) is 0 Å². The molecule has 0 saturated heterocycles. The Morgan fingerprint density at radius 3 is 2.35 bits per heavy atom. The van der Waals surface area contributed by atoms with Gasteiger partial charge in [0.2, 0.25) is 5.91 Å². The minimum Gasteiger partial charge on any atom is -0.481 e. The van der Waals surface area contributed by atoms with E-state index in [1.165, 1.54) is 19.3 Å². The summed E-state index contributed by atoms with van der Waals surface area (Å²) >= 11 is 0. The first-order chi connectivity index (χ1) is 9.68. The van der Waals surface area contributed by atoms with E-state index >= 15 is 0 Å². The van der Waals surface area contributed by atoms with Gasteiger partial charge in [-0.1, -0.05) is 19.3 Å². The zero-order valence-electron chi connectivity index (χ0n) is 12.0. The summed E-state index contributed by atoms with van der Waals surface area (Å²) in [6.45, 7) is 1.26. The molecule has 2 aliphatic rings. The predicted molar refractivity (Wildman–Crippen MR) is 74.3 cm³/mol. The number of carboxylic acids is 1. The first kappa shape index (κ1) is 15.3. The maximum absolute atomic E-state index is 11.8. The van der Waals surface area contributed by atoms with Crippen molar-refractivity contribution >= 4 is 11.9 Å². The molecule has 0 heterocycles. The summed E-state index contributed by atoms with van der Waals surface area (Å²) in [6.07, 6.45) is 8.69. The van der Waals surface area contributed by atoms with Gasteiger partial charge in [0, 0.05) is 13.2 Å². The summed E-state index contributed by atoms with van der Waals surface area (Å²) in [6, 6.07) is 0. The average Bonchev–Trinajstić information content (AvgIpc) is 2.37. The van der Waals surface area contributed by atoms with Crippen LogP contribution >= 0.6 is 0 Å². The minimum atomic E-state index is -0.850. The van der Waals surface area contributed by atoms with Crippen molar-refractivity contribution in [1.82, 2.24) is 5.32 Å². The van der Waals surface area contributed by atoms with Crippen molar-refractivity contribution in [3.05, 3.63) is 0 Å². The third kappa shape index (κ3) is 4.20. The third-order valence-corrected chi connectivity index (χ3v) is 4.45. The van der Waals surface area contributed by atoms with E-state index in [2.05, 4.69) is 5.32 Å². The minimum absolute atomic E-state index is 0.110. The lowest BCUT2D eigenvalue weighted by atomic mass is 9.73. The maximum atomic E-state index is 11.8. The number of aliphatic carboxylic acids is 1. The van der Waals surface area contributed by atoms with Crippen molar-refractivity contribution in [1.29, 1.82) is 0 Å². The fraction of sp³-hybridized carbons (Fsp3) is 0.867. The number of carbonyl (C=O) groups excluding carboxylic acids is 1. The van der Waals surface area contributed by atoms with Crippen LogP contribution in [0.1, 0.15) is 51.4 Å². The van der Waals surface area contributed by atoms with Crippen molar-refractivity contribution in [2.75, 3.05) is 13.2 Å². The SMILES string of the molecule is O=C(O)C1CCC1C(=O)NCCCOC1CCCCC1. The maximum Gasteiger partial charge on any atom is 0.307 e. The first-order valence-corrected chi connectivity index (χ1v) is 7.80. The van der Waals surface area contributed by atoms with Gasteiger partial charge in [0.15, 0.2) is 0 Å². The van der Waals surface area contributed by atoms with Crippen molar-refractivity contribution in [3.8, 4) is 0 Å². The molecule has 2 N–H and O–H groups in total. The molecule has 2 atom stereocenters. The Labute approximate surface area is 120 Å². The molecule has 0 aromatic heterocycles. The van der Waals surface area contributed by atoms with Crippen LogP contribution in [0, 0.1) is 11.8 Å². The molecule has 1 amide bonds. The number of ether oxygens (including phenoxy) is 1. The second kappa shape index (κ2) is 7.62. The number of carboxylic acid groups (broad SMARTS) is 1. The van der Waals surface area contributed by atoms with Gasteiger partial charge in [-0.15, -0.1) is 0 Å². The largest absolute Gasteiger partial charge is 0.481 e. The summed E-state index contributed by atoms with van der Waals surface area (Å²) in [4.78, 5) is 22.6. The molecule has 2 fully saturated rings. The Morgan fingerprint density at radius 1 is 1.05 bits per heavy atom. The highest BCUT2D eigenvalue weighted by Gasteiger charge is 2.41. The molecule has 0 aliphatic heterocycles. The van der Waals surface area contributed by atoms with Crippen LogP contribution in [0.25, 0.3) is 0 Å². The number of hydrogen-bond acceptors (Lipinski definition) is 3. The Hall–Kier alpha value is -1.10. The van der Waals surface area contributed by atoms with E-state index in [-0.39, 0.29) is 11.8 Å². The number of amides is 1. The zero-order valence-corrected chi connectivity index (χ0v) is 12.0. The molecule has 5 heteroatoms. The lowest BCUT2D eigenvalue weighted by Crippen LogP contribution is -2.44. The molecule has 114 valence electrons. The van der Waals surface area contributed by atoms with E-state index in [9.17, 15) is 9.59 Å². The van der Waals surface area contributed by atoms with Crippen LogP contribution in [0.4, 0.5) is 0 Å². The van der Waals surface area contributed by atoms with Crippen molar-refractivity contribution < 1.29 is 19.4 Å². The molecule has 0 spiro atoms. The third-order valence-electron chi connectivity index (χ3n) is 4.45. The van der Waals surface area contributed by atoms with Crippen LogP contribution in [-0.2, 0) is 14.3 Å². The van der Waals surface area contributed by atoms with Gasteiger partial charge < -0.3 is 15.2 Å². The molecule has 0 aromatic carbocycles. The number of rotatable bonds is 7.